The molecule has 0 aliphatic heterocycles. The van der Waals surface area contributed by atoms with E-state index in [1.54, 1.807) is 25.1 Å². The molecule has 1 nitrogen and oxygen atoms in total. The van der Waals surface area contributed by atoms with Gasteiger partial charge >= 0.3 is 0 Å². The van der Waals surface area contributed by atoms with Crippen LogP contribution in [-0.2, 0) is 6.42 Å². The molecule has 4 heteroatoms. The van der Waals surface area contributed by atoms with E-state index in [4.69, 9.17) is 0 Å². The summed E-state index contributed by atoms with van der Waals surface area (Å²) in [7, 11) is 0. The van der Waals surface area contributed by atoms with Crippen molar-refractivity contribution in [3.63, 3.8) is 0 Å². The summed E-state index contributed by atoms with van der Waals surface area (Å²) in [6.45, 7) is 1.79. The van der Waals surface area contributed by atoms with E-state index < -0.39 is 11.9 Å². The van der Waals surface area contributed by atoms with Crippen molar-refractivity contribution in [3.8, 4) is 0 Å². The van der Waals surface area contributed by atoms with Crippen LogP contribution in [0.15, 0.2) is 40.9 Å². The minimum Gasteiger partial charge on any atom is -0.388 e. The first-order valence-electron chi connectivity index (χ1n) is 5.85. The first kappa shape index (κ1) is 14.2. The van der Waals surface area contributed by atoms with Crippen molar-refractivity contribution in [1.82, 2.24) is 0 Å². The van der Waals surface area contributed by atoms with Gasteiger partial charge in [-0.3, -0.25) is 0 Å². The van der Waals surface area contributed by atoms with E-state index in [1.807, 2.05) is 0 Å². The van der Waals surface area contributed by atoms with Gasteiger partial charge in [0.05, 0.1) is 6.10 Å². The summed E-state index contributed by atoms with van der Waals surface area (Å²) in [4.78, 5) is 0. The van der Waals surface area contributed by atoms with Gasteiger partial charge in [0.25, 0.3) is 0 Å². The zero-order valence-corrected chi connectivity index (χ0v) is 11.9. The fraction of sp³-hybridized carbons (Fsp3) is 0.200. The summed E-state index contributed by atoms with van der Waals surface area (Å²) in [6.07, 6.45) is -0.810. The first-order chi connectivity index (χ1) is 8.97. The van der Waals surface area contributed by atoms with Crippen LogP contribution in [0, 0.1) is 18.6 Å². The summed E-state index contributed by atoms with van der Waals surface area (Å²) in [5.74, 6) is -0.793. The molecular formula is C15H13BrF2O. The lowest BCUT2D eigenvalue weighted by Gasteiger charge is -2.14. The summed E-state index contributed by atoms with van der Waals surface area (Å²) < 4.78 is 27.5. The second kappa shape index (κ2) is 5.80. The van der Waals surface area contributed by atoms with Crippen LogP contribution in [-0.4, -0.2) is 5.11 Å². The number of benzene rings is 2. The second-order valence-corrected chi connectivity index (χ2v) is 5.37. The zero-order valence-electron chi connectivity index (χ0n) is 10.3. The van der Waals surface area contributed by atoms with Crippen LogP contribution in [0.1, 0.15) is 22.8 Å². The van der Waals surface area contributed by atoms with Crippen LogP contribution < -0.4 is 0 Å². The van der Waals surface area contributed by atoms with Gasteiger partial charge in [-0.15, -0.1) is 0 Å². The zero-order chi connectivity index (χ0) is 14.0. The van der Waals surface area contributed by atoms with Gasteiger partial charge in [-0.25, -0.2) is 8.78 Å². The first-order valence-corrected chi connectivity index (χ1v) is 6.64. The molecule has 1 atom stereocenters. The number of aliphatic hydroxyl groups is 1. The Bertz CT molecular complexity index is 599. The lowest BCUT2D eigenvalue weighted by molar-refractivity contribution is 0.176. The van der Waals surface area contributed by atoms with E-state index in [2.05, 4.69) is 15.9 Å². The van der Waals surface area contributed by atoms with Crippen molar-refractivity contribution in [2.45, 2.75) is 19.4 Å². The SMILES string of the molecule is Cc1ccc(F)cc1C(O)Cc1ccc(Br)cc1F. The van der Waals surface area contributed by atoms with Crippen LogP contribution in [0.5, 0.6) is 0 Å². The topological polar surface area (TPSA) is 20.2 Å². The van der Waals surface area contributed by atoms with Gasteiger partial charge in [-0.2, -0.15) is 0 Å². The molecule has 1 N–H and O–H groups in total. The third-order valence-corrected chi connectivity index (χ3v) is 3.52. The van der Waals surface area contributed by atoms with Gasteiger partial charge in [0, 0.05) is 10.9 Å². The van der Waals surface area contributed by atoms with Crippen molar-refractivity contribution in [2.24, 2.45) is 0 Å². The van der Waals surface area contributed by atoms with Crippen molar-refractivity contribution in [1.29, 1.82) is 0 Å². The normalized spacial score (nSPS) is 12.5. The maximum Gasteiger partial charge on any atom is 0.127 e. The Labute approximate surface area is 119 Å². The molecular weight excluding hydrogens is 314 g/mol. The van der Waals surface area contributed by atoms with E-state index in [9.17, 15) is 13.9 Å². The second-order valence-electron chi connectivity index (χ2n) is 4.46. The van der Waals surface area contributed by atoms with E-state index in [0.717, 1.165) is 5.56 Å². The summed E-state index contributed by atoms with van der Waals surface area (Å²) in [5.41, 5.74) is 1.67. The molecule has 0 bridgehead atoms. The molecule has 0 aliphatic rings. The summed E-state index contributed by atoms with van der Waals surface area (Å²) in [5, 5.41) is 10.1. The highest BCUT2D eigenvalue weighted by atomic mass is 79.9. The Hall–Kier alpha value is -1.26. The van der Waals surface area contributed by atoms with Crippen molar-refractivity contribution >= 4 is 15.9 Å². The van der Waals surface area contributed by atoms with Crippen LogP contribution in [0.4, 0.5) is 8.78 Å². The molecule has 100 valence electrons. The monoisotopic (exact) mass is 326 g/mol. The highest BCUT2D eigenvalue weighted by Gasteiger charge is 2.14. The number of aliphatic hydroxyl groups excluding tert-OH is 1. The standard InChI is InChI=1S/C15H13BrF2O/c1-9-2-5-12(17)8-13(9)15(19)6-10-3-4-11(16)7-14(10)18/h2-5,7-8,15,19H,6H2,1H3. The highest BCUT2D eigenvalue weighted by Crippen LogP contribution is 2.25. The van der Waals surface area contributed by atoms with Crippen LogP contribution in [0.3, 0.4) is 0 Å². The molecule has 0 heterocycles. The van der Waals surface area contributed by atoms with Crippen LogP contribution in [0.25, 0.3) is 0 Å². The molecule has 0 aromatic heterocycles. The Kier molecular flexibility index (Phi) is 4.32. The number of hydrogen-bond donors (Lipinski definition) is 1. The molecule has 2 rings (SSSR count). The van der Waals surface area contributed by atoms with Crippen molar-refractivity contribution < 1.29 is 13.9 Å². The predicted molar refractivity (Wildman–Crippen MR) is 73.9 cm³/mol. The van der Waals surface area contributed by atoms with Gasteiger partial charge < -0.3 is 5.11 Å². The molecule has 0 spiro atoms. The average Bonchev–Trinajstić information content (AvgIpc) is 2.35. The third-order valence-electron chi connectivity index (χ3n) is 3.03. The van der Waals surface area contributed by atoms with Gasteiger partial charge in [0.2, 0.25) is 0 Å². The lowest BCUT2D eigenvalue weighted by Crippen LogP contribution is -2.06. The fourth-order valence-corrected chi connectivity index (χ4v) is 2.31. The number of hydrogen-bond acceptors (Lipinski definition) is 1. The molecule has 0 amide bonds. The molecule has 0 radical (unpaired) electrons. The van der Waals surface area contributed by atoms with E-state index >= 15 is 0 Å². The maximum atomic E-state index is 13.7. The Morgan fingerprint density at radius 2 is 1.89 bits per heavy atom. The van der Waals surface area contributed by atoms with E-state index in [1.165, 1.54) is 18.2 Å². The fourth-order valence-electron chi connectivity index (χ4n) is 1.98. The molecule has 19 heavy (non-hydrogen) atoms. The Morgan fingerprint density at radius 3 is 2.58 bits per heavy atom. The minimum absolute atomic E-state index is 0.114. The highest BCUT2D eigenvalue weighted by molar-refractivity contribution is 9.10. The van der Waals surface area contributed by atoms with E-state index in [0.29, 0.717) is 15.6 Å². The third kappa shape index (κ3) is 3.39. The largest absolute Gasteiger partial charge is 0.388 e. The van der Waals surface area contributed by atoms with Gasteiger partial charge in [0.15, 0.2) is 0 Å². The smallest absolute Gasteiger partial charge is 0.127 e. The van der Waals surface area contributed by atoms with Crippen LogP contribution >= 0.6 is 15.9 Å². The summed E-state index contributed by atoms with van der Waals surface area (Å²) in [6, 6.07) is 8.90. The summed E-state index contributed by atoms with van der Waals surface area (Å²) >= 11 is 3.18. The van der Waals surface area contributed by atoms with Gasteiger partial charge in [0.1, 0.15) is 11.6 Å². The molecule has 0 saturated heterocycles. The molecule has 0 saturated carbocycles. The minimum atomic E-state index is -0.925. The van der Waals surface area contributed by atoms with E-state index in [-0.39, 0.29) is 12.2 Å². The quantitative estimate of drug-likeness (QED) is 0.891. The lowest BCUT2D eigenvalue weighted by atomic mass is 9.97. The molecule has 2 aromatic rings. The van der Waals surface area contributed by atoms with Crippen LogP contribution in [0.2, 0.25) is 0 Å². The number of aryl methyl sites for hydroxylation is 1. The number of rotatable bonds is 3. The molecule has 0 aliphatic carbocycles. The molecule has 0 fully saturated rings. The maximum absolute atomic E-state index is 13.7. The average molecular weight is 327 g/mol. The Balaban J connectivity index is 2.25. The van der Waals surface area contributed by atoms with Gasteiger partial charge in [-0.05, 0) is 47.9 Å². The van der Waals surface area contributed by atoms with Gasteiger partial charge in [-0.1, -0.05) is 28.1 Å². The Morgan fingerprint density at radius 1 is 1.16 bits per heavy atom. The van der Waals surface area contributed by atoms with Crippen molar-refractivity contribution in [3.05, 3.63) is 69.2 Å². The predicted octanol–water partition coefficient (Wildman–Crippen LogP) is 4.31. The van der Waals surface area contributed by atoms with Crippen molar-refractivity contribution in [2.75, 3.05) is 0 Å². The number of halogens is 3. The molecule has 2 aromatic carbocycles. The molecule has 1 unspecified atom stereocenters.